The van der Waals surface area contributed by atoms with Gasteiger partial charge in [0.05, 0.1) is 6.10 Å². The Morgan fingerprint density at radius 2 is 1.95 bits per heavy atom. The minimum atomic E-state index is 0.426. The summed E-state index contributed by atoms with van der Waals surface area (Å²) < 4.78 is 5.83. The van der Waals surface area contributed by atoms with E-state index in [9.17, 15) is 0 Å². The summed E-state index contributed by atoms with van der Waals surface area (Å²) in [6.07, 6.45) is 3.82. The monoisotopic (exact) mass is 261 g/mol. The smallest absolute Gasteiger partial charge is 0.0612 e. The Kier molecular flexibility index (Phi) is 5.41. The van der Waals surface area contributed by atoms with Gasteiger partial charge < -0.3 is 10.1 Å². The van der Waals surface area contributed by atoms with E-state index in [2.05, 4.69) is 56.4 Å². The van der Waals surface area contributed by atoms with E-state index in [0.717, 1.165) is 25.9 Å². The van der Waals surface area contributed by atoms with Crippen LogP contribution in [0.25, 0.3) is 0 Å². The van der Waals surface area contributed by atoms with E-state index >= 15 is 0 Å². The molecule has 0 saturated carbocycles. The van der Waals surface area contributed by atoms with Crippen LogP contribution in [0.1, 0.15) is 39.2 Å². The van der Waals surface area contributed by atoms with Gasteiger partial charge in [-0.1, -0.05) is 44.2 Å². The number of nitrogens with one attached hydrogen (secondary N) is 1. The Morgan fingerprint density at radius 1 is 1.21 bits per heavy atom. The fourth-order valence-electron chi connectivity index (χ4n) is 2.87. The van der Waals surface area contributed by atoms with Crippen LogP contribution in [-0.2, 0) is 11.2 Å². The standard InChI is InChI=1S/C17H27NO/c1-13(2)17-12-16(9-10-19-17)18-14(3)11-15-7-5-4-6-8-15/h4-8,13-14,16-18H,9-12H2,1-3H3. The molecule has 1 aliphatic rings. The van der Waals surface area contributed by atoms with Crippen molar-refractivity contribution in [1.29, 1.82) is 0 Å². The first kappa shape index (κ1) is 14.5. The Hall–Kier alpha value is -0.860. The SMILES string of the molecule is CC(Cc1ccccc1)NC1CCOC(C(C)C)C1. The van der Waals surface area contributed by atoms with Crippen LogP contribution in [0.4, 0.5) is 0 Å². The second kappa shape index (κ2) is 7.06. The molecule has 1 N–H and O–H groups in total. The van der Waals surface area contributed by atoms with Crippen molar-refractivity contribution in [2.24, 2.45) is 5.92 Å². The van der Waals surface area contributed by atoms with E-state index < -0.39 is 0 Å². The zero-order chi connectivity index (χ0) is 13.7. The van der Waals surface area contributed by atoms with Gasteiger partial charge in [-0.25, -0.2) is 0 Å². The van der Waals surface area contributed by atoms with Gasteiger partial charge in [0.25, 0.3) is 0 Å². The van der Waals surface area contributed by atoms with Gasteiger partial charge >= 0.3 is 0 Å². The Bertz CT molecular complexity index is 363. The maximum atomic E-state index is 5.83. The summed E-state index contributed by atoms with van der Waals surface area (Å²) in [7, 11) is 0. The van der Waals surface area contributed by atoms with E-state index in [1.165, 1.54) is 5.56 Å². The number of rotatable bonds is 5. The largest absolute Gasteiger partial charge is 0.378 e. The Labute approximate surface area is 117 Å². The predicted molar refractivity (Wildman–Crippen MR) is 80.3 cm³/mol. The van der Waals surface area contributed by atoms with Crippen molar-refractivity contribution < 1.29 is 4.74 Å². The maximum Gasteiger partial charge on any atom is 0.0612 e. The van der Waals surface area contributed by atoms with Gasteiger partial charge in [0.15, 0.2) is 0 Å². The van der Waals surface area contributed by atoms with Gasteiger partial charge in [-0.2, -0.15) is 0 Å². The molecule has 2 heteroatoms. The van der Waals surface area contributed by atoms with Crippen LogP contribution in [0.15, 0.2) is 30.3 Å². The van der Waals surface area contributed by atoms with Crippen LogP contribution in [0.2, 0.25) is 0 Å². The summed E-state index contributed by atoms with van der Waals surface area (Å²) in [4.78, 5) is 0. The zero-order valence-electron chi connectivity index (χ0n) is 12.4. The first-order chi connectivity index (χ1) is 9.15. The van der Waals surface area contributed by atoms with Crippen molar-refractivity contribution in [3.63, 3.8) is 0 Å². The molecule has 19 heavy (non-hydrogen) atoms. The fraction of sp³-hybridized carbons (Fsp3) is 0.647. The second-order valence-corrected chi connectivity index (χ2v) is 6.13. The summed E-state index contributed by atoms with van der Waals surface area (Å²) >= 11 is 0. The molecule has 1 saturated heterocycles. The molecule has 0 aromatic heterocycles. The lowest BCUT2D eigenvalue weighted by Gasteiger charge is -2.34. The minimum absolute atomic E-state index is 0.426. The Balaban J connectivity index is 1.80. The van der Waals surface area contributed by atoms with Crippen LogP contribution < -0.4 is 5.32 Å². The van der Waals surface area contributed by atoms with Gasteiger partial charge in [0, 0.05) is 18.7 Å². The van der Waals surface area contributed by atoms with Crippen molar-refractivity contribution in [3.05, 3.63) is 35.9 Å². The molecule has 1 aromatic rings. The van der Waals surface area contributed by atoms with Crippen LogP contribution >= 0.6 is 0 Å². The van der Waals surface area contributed by atoms with Gasteiger partial charge in [0.1, 0.15) is 0 Å². The zero-order valence-corrected chi connectivity index (χ0v) is 12.4. The van der Waals surface area contributed by atoms with E-state index in [0.29, 0.717) is 24.1 Å². The lowest BCUT2D eigenvalue weighted by Crippen LogP contribution is -2.45. The fourth-order valence-corrected chi connectivity index (χ4v) is 2.87. The third kappa shape index (κ3) is 4.63. The minimum Gasteiger partial charge on any atom is -0.378 e. The molecule has 2 nitrogen and oxygen atoms in total. The van der Waals surface area contributed by atoms with E-state index in [1.807, 2.05) is 0 Å². The number of benzene rings is 1. The highest BCUT2D eigenvalue weighted by Gasteiger charge is 2.25. The molecule has 0 radical (unpaired) electrons. The summed E-state index contributed by atoms with van der Waals surface area (Å²) in [6, 6.07) is 11.9. The molecule has 0 amide bonds. The first-order valence-corrected chi connectivity index (χ1v) is 7.56. The summed E-state index contributed by atoms with van der Waals surface area (Å²) in [6.45, 7) is 7.69. The lowest BCUT2D eigenvalue weighted by atomic mass is 9.94. The molecule has 1 aromatic carbocycles. The number of hydrogen-bond acceptors (Lipinski definition) is 2. The van der Waals surface area contributed by atoms with Gasteiger partial charge in [-0.05, 0) is 37.7 Å². The summed E-state index contributed by atoms with van der Waals surface area (Å²) in [5.41, 5.74) is 1.41. The predicted octanol–water partition coefficient (Wildman–Crippen LogP) is 3.41. The van der Waals surface area contributed by atoms with Crippen molar-refractivity contribution in [1.82, 2.24) is 5.32 Å². The molecule has 2 rings (SSSR count). The molecule has 106 valence electrons. The summed E-state index contributed by atoms with van der Waals surface area (Å²) in [5.74, 6) is 0.619. The molecule has 0 spiro atoms. The van der Waals surface area contributed by atoms with Crippen molar-refractivity contribution in [2.75, 3.05) is 6.61 Å². The van der Waals surface area contributed by atoms with E-state index in [1.54, 1.807) is 0 Å². The van der Waals surface area contributed by atoms with Crippen molar-refractivity contribution in [2.45, 2.75) is 58.2 Å². The van der Waals surface area contributed by atoms with E-state index in [4.69, 9.17) is 4.74 Å². The lowest BCUT2D eigenvalue weighted by molar-refractivity contribution is -0.0256. The molecule has 1 aliphatic heterocycles. The van der Waals surface area contributed by atoms with Crippen LogP contribution in [0.3, 0.4) is 0 Å². The average Bonchev–Trinajstić information content (AvgIpc) is 2.40. The highest BCUT2D eigenvalue weighted by molar-refractivity contribution is 5.15. The number of ether oxygens (including phenoxy) is 1. The normalized spacial score (nSPS) is 25.5. The molecule has 1 fully saturated rings. The van der Waals surface area contributed by atoms with Crippen LogP contribution in [0, 0.1) is 5.92 Å². The third-order valence-corrected chi connectivity index (χ3v) is 3.96. The van der Waals surface area contributed by atoms with Gasteiger partial charge in [0.2, 0.25) is 0 Å². The quantitative estimate of drug-likeness (QED) is 0.877. The van der Waals surface area contributed by atoms with Crippen LogP contribution in [0.5, 0.6) is 0 Å². The molecular formula is C17H27NO. The molecule has 0 aliphatic carbocycles. The van der Waals surface area contributed by atoms with Gasteiger partial charge in [-0.15, -0.1) is 0 Å². The molecule has 3 unspecified atom stereocenters. The highest BCUT2D eigenvalue weighted by atomic mass is 16.5. The van der Waals surface area contributed by atoms with Crippen LogP contribution in [-0.4, -0.2) is 24.8 Å². The highest BCUT2D eigenvalue weighted by Crippen LogP contribution is 2.20. The van der Waals surface area contributed by atoms with Crippen molar-refractivity contribution in [3.8, 4) is 0 Å². The first-order valence-electron chi connectivity index (χ1n) is 7.56. The maximum absolute atomic E-state index is 5.83. The Morgan fingerprint density at radius 3 is 2.63 bits per heavy atom. The second-order valence-electron chi connectivity index (χ2n) is 6.13. The molecule has 3 atom stereocenters. The molecule has 0 bridgehead atoms. The average molecular weight is 261 g/mol. The number of hydrogen-bond donors (Lipinski definition) is 1. The van der Waals surface area contributed by atoms with E-state index in [-0.39, 0.29) is 0 Å². The molecule has 1 heterocycles. The van der Waals surface area contributed by atoms with Gasteiger partial charge in [-0.3, -0.25) is 0 Å². The van der Waals surface area contributed by atoms with Crippen molar-refractivity contribution >= 4 is 0 Å². The molecular weight excluding hydrogens is 234 g/mol. The topological polar surface area (TPSA) is 21.3 Å². The third-order valence-electron chi connectivity index (χ3n) is 3.96. The summed E-state index contributed by atoms with van der Waals surface area (Å²) in [5, 5.41) is 3.77.